The molecule has 5 rings (SSSR count). The van der Waals surface area contributed by atoms with Crippen LogP contribution in [0.3, 0.4) is 0 Å². The molecule has 2 aromatic heterocycles. The van der Waals surface area contributed by atoms with Crippen molar-refractivity contribution in [3.05, 3.63) is 76.9 Å². The number of aliphatic hydroxyl groups is 1. The molecule has 2 N–H and O–H groups in total. The van der Waals surface area contributed by atoms with Crippen molar-refractivity contribution in [3.8, 4) is 11.4 Å². The van der Waals surface area contributed by atoms with Gasteiger partial charge in [-0.25, -0.2) is 14.8 Å². The lowest BCUT2D eigenvalue weighted by atomic mass is 10.0. The number of carbonyl (C=O) groups is 2. The molecule has 36 heavy (non-hydrogen) atoms. The second-order valence-corrected chi connectivity index (χ2v) is 8.92. The molecule has 10 heteroatoms. The first kappa shape index (κ1) is 23.8. The van der Waals surface area contributed by atoms with E-state index >= 15 is 0 Å². The van der Waals surface area contributed by atoms with Crippen LogP contribution in [0, 0.1) is 0 Å². The first-order valence-corrected chi connectivity index (χ1v) is 11.8. The summed E-state index contributed by atoms with van der Waals surface area (Å²) in [5.74, 6) is 0.599. The maximum absolute atomic E-state index is 12.9. The standard InChI is InChI=1S/C26H24ClN5O4/c1-36-26(35)17-4-2-3-16(13-17)23(33)25(34)32-11-9-31(10-12-32)22-8-5-18(15-28-22)24-29-20-7-6-19(27)14-21(20)30-24/h2-8,13-15,23,33H,9-12H2,1H3,(H,29,30). The lowest BCUT2D eigenvalue weighted by molar-refractivity contribution is -0.140. The fourth-order valence-electron chi connectivity index (χ4n) is 4.26. The molecule has 1 fully saturated rings. The number of piperazine rings is 1. The number of ether oxygens (including phenoxy) is 1. The number of amides is 1. The number of anilines is 1. The summed E-state index contributed by atoms with van der Waals surface area (Å²) in [5.41, 5.74) is 3.19. The van der Waals surface area contributed by atoms with Gasteiger partial charge >= 0.3 is 5.97 Å². The van der Waals surface area contributed by atoms with Crippen LogP contribution < -0.4 is 4.90 Å². The van der Waals surface area contributed by atoms with Crippen molar-refractivity contribution in [2.75, 3.05) is 38.2 Å². The number of carbonyl (C=O) groups excluding carboxylic acids is 2. The Labute approximate surface area is 212 Å². The van der Waals surface area contributed by atoms with Gasteiger partial charge < -0.3 is 24.6 Å². The lowest BCUT2D eigenvalue weighted by Gasteiger charge is -2.36. The van der Waals surface area contributed by atoms with E-state index in [2.05, 4.69) is 19.9 Å². The number of rotatable bonds is 5. The van der Waals surface area contributed by atoms with Crippen molar-refractivity contribution in [3.63, 3.8) is 0 Å². The maximum Gasteiger partial charge on any atom is 0.337 e. The number of H-pyrrole nitrogens is 1. The first-order valence-electron chi connectivity index (χ1n) is 11.4. The van der Waals surface area contributed by atoms with Gasteiger partial charge in [-0.2, -0.15) is 0 Å². The third kappa shape index (κ3) is 4.75. The number of nitrogens with one attached hydrogen (secondary N) is 1. The first-order chi connectivity index (χ1) is 17.4. The number of pyridine rings is 1. The molecule has 1 aliphatic heterocycles. The highest BCUT2D eigenvalue weighted by Crippen LogP contribution is 2.25. The van der Waals surface area contributed by atoms with E-state index < -0.39 is 18.0 Å². The summed E-state index contributed by atoms with van der Waals surface area (Å²) in [5, 5.41) is 11.3. The fourth-order valence-corrected chi connectivity index (χ4v) is 4.43. The summed E-state index contributed by atoms with van der Waals surface area (Å²) in [7, 11) is 1.29. The van der Waals surface area contributed by atoms with Gasteiger partial charge in [0.2, 0.25) is 0 Å². The number of aromatic nitrogens is 3. The molecule has 184 valence electrons. The number of hydrogen-bond acceptors (Lipinski definition) is 7. The van der Waals surface area contributed by atoms with E-state index in [0.29, 0.717) is 42.6 Å². The highest BCUT2D eigenvalue weighted by molar-refractivity contribution is 6.31. The molecule has 4 aromatic rings. The Morgan fingerprint density at radius 2 is 1.89 bits per heavy atom. The van der Waals surface area contributed by atoms with Crippen LogP contribution in [-0.2, 0) is 9.53 Å². The monoisotopic (exact) mass is 505 g/mol. The molecule has 1 unspecified atom stereocenters. The Morgan fingerprint density at radius 1 is 1.08 bits per heavy atom. The molecule has 1 aliphatic rings. The molecule has 3 heterocycles. The quantitative estimate of drug-likeness (QED) is 0.399. The van der Waals surface area contributed by atoms with E-state index in [0.717, 1.165) is 22.4 Å². The Balaban J connectivity index is 1.22. The van der Waals surface area contributed by atoms with Crippen LogP contribution in [0.4, 0.5) is 5.82 Å². The number of hydrogen-bond donors (Lipinski definition) is 2. The number of imidazole rings is 1. The van der Waals surface area contributed by atoms with Gasteiger partial charge in [0.15, 0.2) is 6.10 Å². The SMILES string of the molecule is COC(=O)c1cccc(C(O)C(=O)N2CCN(c3ccc(-c4nc5ccc(Cl)cc5[nH]4)cn3)CC2)c1. The number of nitrogens with zero attached hydrogens (tertiary/aromatic N) is 4. The van der Waals surface area contributed by atoms with Gasteiger partial charge in [-0.15, -0.1) is 0 Å². The molecule has 0 bridgehead atoms. The van der Waals surface area contributed by atoms with Crippen LogP contribution in [0.1, 0.15) is 22.0 Å². The van der Waals surface area contributed by atoms with E-state index in [1.54, 1.807) is 35.4 Å². The molecule has 1 saturated heterocycles. The van der Waals surface area contributed by atoms with Gasteiger partial charge in [0.25, 0.3) is 5.91 Å². The third-order valence-corrected chi connectivity index (χ3v) is 6.47. The molecule has 1 atom stereocenters. The number of aromatic amines is 1. The van der Waals surface area contributed by atoms with Crippen molar-refractivity contribution in [2.24, 2.45) is 0 Å². The topological polar surface area (TPSA) is 112 Å². The zero-order valence-corrected chi connectivity index (χ0v) is 20.3. The average Bonchev–Trinajstić information content (AvgIpc) is 3.35. The van der Waals surface area contributed by atoms with Crippen molar-refractivity contribution < 1.29 is 19.4 Å². The number of fused-ring (bicyclic) bond motifs is 1. The van der Waals surface area contributed by atoms with Gasteiger partial charge in [-0.1, -0.05) is 23.7 Å². The van der Waals surface area contributed by atoms with Gasteiger partial charge in [-0.3, -0.25) is 4.79 Å². The molecular weight excluding hydrogens is 482 g/mol. The molecular formula is C26H24ClN5O4. The zero-order chi connectivity index (χ0) is 25.2. The van der Waals surface area contributed by atoms with Gasteiger partial charge in [0, 0.05) is 43.0 Å². The molecule has 9 nitrogen and oxygen atoms in total. The summed E-state index contributed by atoms with van der Waals surface area (Å²) < 4.78 is 4.71. The zero-order valence-electron chi connectivity index (χ0n) is 19.5. The van der Waals surface area contributed by atoms with Crippen molar-refractivity contribution in [1.82, 2.24) is 19.9 Å². The van der Waals surface area contributed by atoms with Gasteiger partial charge in [0.1, 0.15) is 11.6 Å². The lowest BCUT2D eigenvalue weighted by Crippen LogP contribution is -2.50. The van der Waals surface area contributed by atoms with Gasteiger partial charge in [-0.05, 0) is 48.0 Å². The second kappa shape index (κ2) is 9.96. The van der Waals surface area contributed by atoms with Gasteiger partial charge in [0.05, 0.1) is 23.7 Å². The molecule has 0 saturated carbocycles. The van der Waals surface area contributed by atoms with Crippen LogP contribution in [0.25, 0.3) is 22.4 Å². The second-order valence-electron chi connectivity index (χ2n) is 8.48. The minimum Gasteiger partial charge on any atom is -0.465 e. The average molecular weight is 506 g/mol. The molecule has 0 spiro atoms. The minimum atomic E-state index is -1.35. The van der Waals surface area contributed by atoms with Crippen LogP contribution in [-0.4, -0.2) is 70.1 Å². The number of methoxy groups -OCH3 is 1. The van der Waals surface area contributed by atoms with E-state index in [1.807, 2.05) is 24.3 Å². The number of aliphatic hydroxyl groups excluding tert-OH is 1. The Bertz CT molecular complexity index is 1410. The summed E-state index contributed by atoms with van der Waals surface area (Å²) in [6, 6.07) is 15.7. The highest BCUT2D eigenvalue weighted by Gasteiger charge is 2.28. The molecule has 1 amide bonds. The number of benzene rings is 2. The summed E-state index contributed by atoms with van der Waals surface area (Å²) in [6.07, 6.45) is 0.418. The Morgan fingerprint density at radius 3 is 2.61 bits per heavy atom. The third-order valence-electron chi connectivity index (χ3n) is 6.24. The van der Waals surface area contributed by atoms with Crippen LogP contribution in [0.15, 0.2) is 60.8 Å². The molecule has 0 radical (unpaired) electrons. The predicted octanol–water partition coefficient (Wildman–Crippen LogP) is 3.45. The van der Waals surface area contributed by atoms with Crippen molar-refractivity contribution >= 4 is 40.3 Å². The fraction of sp³-hybridized carbons (Fsp3) is 0.231. The highest BCUT2D eigenvalue weighted by atomic mass is 35.5. The van der Waals surface area contributed by atoms with E-state index in [1.165, 1.54) is 13.2 Å². The normalized spacial score (nSPS) is 14.6. The largest absolute Gasteiger partial charge is 0.465 e. The number of esters is 1. The smallest absolute Gasteiger partial charge is 0.337 e. The Kier molecular flexibility index (Phi) is 6.58. The van der Waals surface area contributed by atoms with E-state index in [4.69, 9.17) is 16.3 Å². The molecule has 2 aromatic carbocycles. The summed E-state index contributed by atoms with van der Waals surface area (Å²) in [4.78, 5) is 40.8. The van der Waals surface area contributed by atoms with Crippen molar-refractivity contribution in [2.45, 2.75) is 6.10 Å². The van der Waals surface area contributed by atoms with Crippen LogP contribution in [0.5, 0.6) is 0 Å². The van der Waals surface area contributed by atoms with Crippen molar-refractivity contribution in [1.29, 1.82) is 0 Å². The maximum atomic E-state index is 12.9. The molecule has 0 aliphatic carbocycles. The minimum absolute atomic E-state index is 0.285. The van der Waals surface area contributed by atoms with Crippen LogP contribution >= 0.6 is 11.6 Å². The van der Waals surface area contributed by atoms with E-state index in [-0.39, 0.29) is 5.56 Å². The van der Waals surface area contributed by atoms with Crippen LogP contribution in [0.2, 0.25) is 5.02 Å². The summed E-state index contributed by atoms with van der Waals surface area (Å²) in [6.45, 7) is 2.05. The Hall–Kier alpha value is -3.95. The summed E-state index contributed by atoms with van der Waals surface area (Å²) >= 11 is 6.06. The van der Waals surface area contributed by atoms with E-state index in [9.17, 15) is 14.7 Å². The number of halogens is 1. The predicted molar refractivity (Wildman–Crippen MR) is 136 cm³/mol.